The second-order valence-electron chi connectivity index (χ2n) is 6.53. The zero-order valence-electron chi connectivity index (χ0n) is 18.9. The summed E-state index contributed by atoms with van der Waals surface area (Å²) in [5, 5.41) is 11.0. The molecule has 0 aliphatic heterocycles. The van der Waals surface area contributed by atoms with Crippen LogP contribution in [0.1, 0.15) is 20.8 Å². The molecule has 0 spiro atoms. The van der Waals surface area contributed by atoms with Gasteiger partial charge in [0.05, 0.1) is 38.1 Å². The number of halogens is 2. The van der Waals surface area contributed by atoms with Crippen molar-refractivity contribution in [3.63, 3.8) is 0 Å². The van der Waals surface area contributed by atoms with Gasteiger partial charge in [-0.3, -0.25) is 9.59 Å². The number of hydrogen-bond acceptors (Lipinski definition) is 8. The molecule has 2 rings (SSSR count). The molecular weight excluding hydrogens is 473 g/mol. The molecule has 1 amide bonds. The molecule has 33 heavy (non-hydrogen) atoms. The molecule has 1 N–H and O–H groups in total. The molecule has 1 unspecified atom stereocenters. The number of Topliss-reactive ketones (excluding diaryl/α,β-unsaturated/α-hetero) is 1. The Morgan fingerprint density at radius 1 is 0.970 bits per heavy atom. The van der Waals surface area contributed by atoms with Gasteiger partial charge in [0.15, 0.2) is 5.78 Å². The smallest absolute Gasteiger partial charge is 0.258 e. The Morgan fingerprint density at radius 2 is 1.64 bits per heavy atom. The second-order valence-corrected chi connectivity index (χ2v) is 7.31. The quantitative estimate of drug-likeness (QED) is 0.324. The van der Waals surface area contributed by atoms with E-state index in [4.69, 9.17) is 42.1 Å². The Hall–Kier alpha value is -3.04. The largest absolute Gasteiger partial charge is 0.497 e. The third-order valence-corrected chi connectivity index (χ3v) is 4.93. The maximum absolute atomic E-state index is 12.9. The molecule has 2 aromatic rings. The minimum atomic E-state index is -1.45. The summed E-state index contributed by atoms with van der Waals surface area (Å²) in [6.45, 7) is 5.52. The molecule has 0 fully saturated rings. The SMILES string of the molecule is CCOc1cc(NC(=O)C(N=Nc2cc(OC)cc(OC)c2Cl)C(C)=O)c(OCC)cc1Cl. The Balaban J connectivity index is 2.37. The van der Waals surface area contributed by atoms with Crippen molar-refractivity contribution in [2.45, 2.75) is 26.8 Å². The average molecular weight is 498 g/mol. The van der Waals surface area contributed by atoms with Crippen molar-refractivity contribution in [2.24, 2.45) is 10.2 Å². The van der Waals surface area contributed by atoms with Crippen LogP contribution in [0.3, 0.4) is 0 Å². The van der Waals surface area contributed by atoms with Gasteiger partial charge >= 0.3 is 0 Å². The fourth-order valence-electron chi connectivity index (χ4n) is 2.71. The molecule has 0 aliphatic carbocycles. The van der Waals surface area contributed by atoms with E-state index in [0.29, 0.717) is 41.2 Å². The molecule has 0 bridgehead atoms. The molecule has 9 nitrogen and oxygen atoms in total. The van der Waals surface area contributed by atoms with Crippen molar-refractivity contribution in [3.05, 3.63) is 34.3 Å². The minimum absolute atomic E-state index is 0.155. The molecule has 1 atom stereocenters. The molecule has 0 radical (unpaired) electrons. The summed E-state index contributed by atoms with van der Waals surface area (Å²) in [5.41, 5.74) is 0.448. The summed E-state index contributed by atoms with van der Waals surface area (Å²) < 4.78 is 21.4. The minimum Gasteiger partial charge on any atom is -0.497 e. The highest BCUT2D eigenvalue weighted by Gasteiger charge is 2.25. The highest BCUT2D eigenvalue weighted by atomic mass is 35.5. The Morgan fingerprint density at radius 3 is 2.21 bits per heavy atom. The average Bonchev–Trinajstić information content (AvgIpc) is 2.78. The second kappa shape index (κ2) is 12.3. The zero-order chi connectivity index (χ0) is 24.5. The van der Waals surface area contributed by atoms with Crippen LogP contribution >= 0.6 is 23.2 Å². The van der Waals surface area contributed by atoms with Gasteiger partial charge in [0, 0.05) is 24.3 Å². The van der Waals surface area contributed by atoms with Crippen LogP contribution in [0.5, 0.6) is 23.0 Å². The van der Waals surface area contributed by atoms with E-state index in [0.717, 1.165) is 0 Å². The first-order chi connectivity index (χ1) is 15.7. The van der Waals surface area contributed by atoms with Gasteiger partial charge in [0.2, 0.25) is 6.04 Å². The van der Waals surface area contributed by atoms with Crippen molar-refractivity contribution >= 4 is 46.3 Å². The summed E-state index contributed by atoms with van der Waals surface area (Å²) in [7, 11) is 2.90. The van der Waals surface area contributed by atoms with E-state index >= 15 is 0 Å². The van der Waals surface area contributed by atoms with E-state index < -0.39 is 17.7 Å². The van der Waals surface area contributed by atoms with E-state index in [1.165, 1.54) is 39.3 Å². The van der Waals surface area contributed by atoms with Crippen molar-refractivity contribution in [2.75, 3.05) is 32.8 Å². The number of anilines is 1. The molecule has 0 saturated heterocycles. The van der Waals surface area contributed by atoms with Gasteiger partial charge in [-0.1, -0.05) is 23.2 Å². The number of hydrogen-bond donors (Lipinski definition) is 1. The summed E-state index contributed by atoms with van der Waals surface area (Å²) in [5.74, 6) is 0.148. The lowest BCUT2D eigenvalue weighted by atomic mass is 10.2. The molecule has 0 heterocycles. The van der Waals surface area contributed by atoms with Crippen LogP contribution < -0.4 is 24.3 Å². The van der Waals surface area contributed by atoms with Crippen LogP contribution in [0, 0.1) is 0 Å². The third kappa shape index (κ3) is 6.72. The number of rotatable bonds is 11. The van der Waals surface area contributed by atoms with Gasteiger partial charge in [-0.05, 0) is 20.8 Å². The molecular formula is C22H25Cl2N3O6. The van der Waals surface area contributed by atoms with Crippen LogP contribution in [0.4, 0.5) is 11.4 Å². The Kier molecular flexibility index (Phi) is 9.74. The predicted octanol–water partition coefficient (Wildman–Crippen LogP) is 5.49. The molecule has 0 aliphatic rings. The fraction of sp³-hybridized carbons (Fsp3) is 0.364. The zero-order valence-corrected chi connectivity index (χ0v) is 20.4. The highest BCUT2D eigenvalue weighted by Crippen LogP contribution is 2.39. The summed E-state index contributed by atoms with van der Waals surface area (Å²) >= 11 is 12.5. The Bertz CT molecular complexity index is 1050. The monoisotopic (exact) mass is 497 g/mol. The number of carbonyl (C=O) groups excluding carboxylic acids is 2. The summed E-state index contributed by atoms with van der Waals surface area (Å²) in [6.07, 6.45) is 0. The first-order valence-corrected chi connectivity index (χ1v) is 10.7. The van der Waals surface area contributed by atoms with Crippen molar-refractivity contribution < 1.29 is 28.5 Å². The Labute approximate surface area is 202 Å². The standard InChI is InChI=1S/C22H25Cl2N3O6/c1-6-32-17-11-15(18(33-7-2)10-14(17)23)25-22(29)21(12(3)28)27-26-16-8-13(30-4)9-19(31-5)20(16)24/h8-11,21H,6-7H2,1-5H3,(H,25,29). The number of nitrogens with one attached hydrogen (secondary N) is 1. The number of ether oxygens (including phenoxy) is 4. The van der Waals surface area contributed by atoms with E-state index in [1.807, 2.05) is 0 Å². The van der Waals surface area contributed by atoms with Gasteiger partial charge in [-0.15, -0.1) is 0 Å². The predicted molar refractivity (Wildman–Crippen MR) is 126 cm³/mol. The number of benzene rings is 2. The van der Waals surface area contributed by atoms with E-state index in [9.17, 15) is 9.59 Å². The van der Waals surface area contributed by atoms with E-state index in [2.05, 4.69) is 15.5 Å². The number of ketones is 1. The lowest BCUT2D eigenvalue weighted by Gasteiger charge is -2.16. The van der Waals surface area contributed by atoms with Gasteiger partial charge in [-0.2, -0.15) is 10.2 Å². The van der Waals surface area contributed by atoms with Crippen molar-refractivity contribution in [3.8, 4) is 23.0 Å². The molecule has 0 aromatic heterocycles. The van der Waals surface area contributed by atoms with Crippen LogP contribution in [-0.4, -0.2) is 45.2 Å². The highest BCUT2D eigenvalue weighted by molar-refractivity contribution is 6.34. The maximum atomic E-state index is 12.9. The number of carbonyl (C=O) groups is 2. The summed E-state index contributed by atoms with van der Waals surface area (Å²) in [4.78, 5) is 25.1. The normalized spacial score (nSPS) is 11.7. The van der Waals surface area contributed by atoms with E-state index in [-0.39, 0.29) is 16.4 Å². The van der Waals surface area contributed by atoms with Crippen LogP contribution in [0.2, 0.25) is 10.0 Å². The van der Waals surface area contributed by atoms with Crippen LogP contribution in [-0.2, 0) is 9.59 Å². The fourth-order valence-corrected chi connectivity index (χ4v) is 3.14. The van der Waals surface area contributed by atoms with Crippen LogP contribution in [0.15, 0.2) is 34.5 Å². The van der Waals surface area contributed by atoms with Crippen LogP contribution in [0.25, 0.3) is 0 Å². The number of amides is 1. The van der Waals surface area contributed by atoms with Gasteiger partial charge < -0.3 is 24.3 Å². The van der Waals surface area contributed by atoms with E-state index in [1.54, 1.807) is 19.9 Å². The molecule has 0 saturated carbocycles. The lowest BCUT2D eigenvalue weighted by molar-refractivity contribution is -0.126. The van der Waals surface area contributed by atoms with Gasteiger partial charge in [0.25, 0.3) is 5.91 Å². The third-order valence-electron chi connectivity index (χ3n) is 4.26. The first-order valence-electron chi connectivity index (χ1n) is 9.98. The van der Waals surface area contributed by atoms with Gasteiger partial charge in [-0.25, -0.2) is 0 Å². The molecule has 2 aromatic carbocycles. The number of methoxy groups -OCH3 is 2. The van der Waals surface area contributed by atoms with Gasteiger partial charge in [0.1, 0.15) is 33.7 Å². The molecule has 11 heteroatoms. The topological polar surface area (TPSA) is 108 Å². The summed E-state index contributed by atoms with van der Waals surface area (Å²) in [6, 6.07) is 4.68. The van der Waals surface area contributed by atoms with Crippen molar-refractivity contribution in [1.82, 2.24) is 0 Å². The number of nitrogens with zero attached hydrogens (tertiary/aromatic N) is 2. The maximum Gasteiger partial charge on any atom is 0.258 e. The molecule has 178 valence electrons. The first kappa shape index (κ1) is 26.2. The van der Waals surface area contributed by atoms with Crippen molar-refractivity contribution in [1.29, 1.82) is 0 Å². The number of azo groups is 1. The lowest BCUT2D eigenvalue weighted by Crippen LogP contribution is -2.32.